The third-order valence-corrected chi connectivity index (χ3v) is 3.97. The fraction of sp³-hybridized carbons (Fsp3) is 0.143. The number of carbonyl (C=O) groups is 2. The lowest BCUT2D eigenvalue weighted by Gasteiger charge is -2.11. The van der Waals surface area contributed by atoms with Gasteiger partial charge in [0.25, 0.3) is 11.6 Å². The number of hydrogen-bond donors (Lipinski definition) is 1. The number of benzene rings is 2. The number of nitro groups is 1. The fourth-order valence-electron chi connectivity index (χ4n) is 2.59. The van der Waals surface area contributed by atoms with Crippen molar-refractivity contribution in [3.8, 4) is 17.1 Å². The number of carbonyl (C=O) groups excluding carboxylic acids is 2. The minimum absolute atomic E-state index is 0.0538. The summed E-state index contributed by atoms with van der Waals surface area (Å²) < 4.78 is 15.8. The predicted molar refractivity (Wildman–Crippen MR) is 107 cm³/mol. The van der Waals surface area contributed by atoms with Gasteiger partial charge in [0.1, 0.15) is 11.5 Å². The summed E-state index contributed by atoms with van der Waals surface area (Å²) in [5, 5.41) is 13.3. The molecule has 1 aromatic heterocycles. The summed E-state index contributed by atoms with van der Waals surface area (Å²) in [7, 11) is 0. The van der Waals surface area contributed by atoms with Crippen LogP contribution in [0.1, 0.15) is 17.5 Å². The van der Waals surface area contributed by atoms with E-state index in [0.717, 1.165) is 0 Å². The second-order valence-corrected chi connectivity index (χ2v) is 6.02. The lowest BCUT2D eigenvalue weighted by Crippen LogP contribution is -2.21. The number of nitro benzene ring substituents is 1. The van der Waals surface area contributed by atoms with Gasteiger partial charge in [0, 0.05) is 17.7 Å². The molecule has 2 aromatic carbocycles. The highest BCUT2D eigenvalue weighted by Crippen LogP contribution is 2.25. The predicted octanol–water partition coefficient (Wildman–Crippen LogP) is 4.05. The highest BCUT2D eigenvalue weighted by Gasteiger charge is 2.16. The third-order valence-electron chi connectivity index (χ3n) is 3.97. The first-order valence-corrected chi connectivity index (χ1v) is 9.01. The summed E-state index contributed by atoms with van der Waals surface area (Å²) >= 11 is 0. The van der Waals surface area contributed by atoms with Crippen molar-refractivity contribution in [2.24, 2.45) is 0 Å². The SMILES string of the molecule is CCOc1ccccc1NC(=O)COC(=O)c1ccc(-c2ccc([N+](=O)[O-])cc2)o1. The van der Waals surface area contributed by atoms with Crippen molar-refractivity contribution in [3.05, 3.63) is 76.5 Å². The molecule has 3 aromatic rings. The van der Waals surface area contributed by atoms with Crippen LogP contribution in [-0.2, 0) is 9.53 Å². The molecule has 0 unspecified atom stereocenters. The minimum Gasteiger partial charge on any atom is -0.492 e. The number of non-ortho nitro benzene ring substituents is 1. The Bertz CT molecular complexity index is 1060. The van der Waals surface area contributed by atoms with Crippen molar-refractivity contribution >= 4 is 23.3 Å². The highest BCUT2D eigenvalue weighted by atomic mass is 16.6. The van der Waals surface area contributed by atoms with Gasteiger partial charge in [-0.2, -0.15) is 0 Å². The maximum atomic E-state index is 12.1. The zero-order chi connectivity index (χ0) is 21.5. The summed E-state index contributed by atoms with van der Waals surface area (Å²) in [5.74, 6) is -0.578. The van der Waals surface area contributed by atoms with Crippen LogP contribution in [0.25, 0.3) is 11.3 Å². The van der Waals surface area contributed by atoms with E-state index in [-0.39, 0.29) is 11.4 Å². The average molecular weight is 410 g/mol. The molecule has 30 heavy (non-hydrogen) atoms. The van der Waals surface area contributed by atoms with Crippen LogP contribution in [-0.4, -0.2) is 30.0 Å². The maximum absolute atomic E-state index is 12.1. The van der Waals surface area contributed by atoms with Crippen LogP contribution in [0.15, 0.2) is 65.1 Å². The number of amides is 1. The topological polar surface area (TPSA) is 121 Å². The van der Waals surface area contributed by atoms with Gasteiger partial charge < -0.3 is 19.2 Å². The van der Waals surface area contributed by atoms with E-state index in [1.54, 1.807) is 24.3 Å². The van der Waals surface area contributed by atoms with Crippen molar-refractivity contribution in [2.75, 3.05) is 18.5 Å². The number of ether oxygens (including phenoxy) is 2. The molecular weight excluding hydrogens is 392 g/mol. The number of para-hydroxylation sites is 2. The van der Waals surface area contributed by atoms with Gasteiger partial charge in [-0.1, -0.05) is 12.1 Å². The van der Waals surface area contributed by atoms with Crippen molar-refractivity contribution in [1.82, 2.24) is 0 Å². The fourth-order valence-corrected chi connectivity index (χ4v) is 2.59. The lowest BCUT2D eigenvalue weighted by molar-refractivity contribution is -0.384. The molecule has 3 rings (SSSR count). The van der Waals surface area contributed by atoms with Gasteiger partial charge in [0.2, 0.25) is 5.76 Å². The number of nitrogens with one attached hydrogen (secondary N) is 1. The van der Waals surface area contributed by atoms with Crippen LogP contribution >= 0.6 is 0 Å². The zero-order valence-electron chi connectivity index (χ0n) is 16.0. The average Bonchev–Trinajstić information content (AvgIpc) is 3.24. The van der Waals surface area contributed by atoms with Gasteiger partial charge in [-0.3, -0.25) is 14.9 Å². The molecule has 9 heteroatoms. The summed E-state index contributed by atoms with van der Waals surface area (Å²) in [6.45, 7) is 1.76. The molecular formula is C21H18N2O7. The first-order chi connectivity index (χ1) is 14.5. The molecule has 0 saturated heterocycles. The van der Waals surface area contributed by atoms with Gasteiger partial charge >= 0.3 is 5.97 Å². The van der Waals surface area contributed by atoms with Crippen molar-refractivity contribution in [1.29, 1.82) is 0 Å². The van der Waals surface area contributed by atoms with Gasteiger partial charge in [-0.25, -0.2) is 4.79 Å². The Morgan fingerprint density at radius 1 is 1.07 bits per heavy atom. The molecule has 0 fully saturated rings. The van der Waals surface area contributed by atoms with E-state index in [2.05, 4.69) is 5.32 Å². The van der Waals surface area contributed by atoms with Gasteiger partial charge in [0.15, 0.2) is 6.61 Å². The normalized spacial score (nSPS) is 10.3. The number of nitrogens with zero attached hydrogens (tertiary/aromatic N) is 1. The van der Waals surface area contributed by atoms with Crippen LogP contribution in [0.4, 0.5) is 11.4 Å². The molecule has 1 heterocycles. The molecule has 0 atom stereocenters. The van der Waals surface area contributed by atoms with Crippen LogP contribution in [0.5, 0.6) is 5.75 Å². The zero-order valence-corrected chi connectivity index (χ0v) is 16.0. The number of anilines is 1. The minimum atomic E-state index is -0.809. The van der Waals surface area contributed by atoms with Crippen molar-refractivity contribution in [3.63, 3.8) is 0 Å². The van der Waals surface area contributed by atoms with E-state index in [9.17, 15) is 19.7 Å². The molecule has 0 aliphatic rings. The summed E-state index contributed by atoms with van der Waals surface area (Å²) in [5.41, 5.74) is 0.977. The largest absolute Gasteiger partial charge is 0.492 e. The molecule has 1 amide bonds. The van der Waals surface area contributed by atoms with E-state index >= 15 is 0 Å². The Morgan fingerprint density at radius 2 is 1.80 bits per heavy atom. The molecule has 0 aliphatic heterocycles. The van der Waals surface area contributed by atoms with Crippen LogP contribution in [0.3, 0.4) is 0 Å². The van der Waals surface area contributed by atoms with E-state index in [1.165, 1.54) is 36.4 Å². The van der Waals surface area contributed by atoms with Crippen molar-refractivity contribution in [2.45, 2.75) is 6.92 Å². The van der Waals surface area contributed by atoms with E-state index < -0.39 is 23.4 Å². The Labute approximate surface area is 171 Å². The van der Waals surface area contributed by atoms with E-state index in [4.69, 9.17) is 13.9 Å². The summed E-state index contributed by atoms with van der Waals surface area (Å²) in [6, 6.07) is 15.5. The number of esters is 1. The molecule has 0 saturated carbocycles. The Hall–Kier alpha value is -4.14. The highest BCUT2D eigenvalue weighted by molar-refractivity contribution is 5.95. The summed E-state index contributed by atoms with van der Waals surface area (Å²) in [6.07, 6.45) is 0. The van der Waals surface area contributed by atoms with E-state index in [0.29, 0.717) is 29.4 Å². The van der Waals surface area contributed by atoms with Crippen LogP contribution in [0.2, 0.25) is 0 Å². The Balaban J connectivity index is 1.58. The summed E-state index contributed by atoms with van der Waals surface area (Å²) in [4.78, 5) is 34.4. The van der Waals surface area contributed by atoms with Crippen LogP contribution in [0, 0.1) is 10.1 Å². The molecule has 154 valence electrons. The van der Waals surface area contributed by atoms with E-state index in [1.807, 2.05) is 6.92 Å². The first kappa shape index (κ1) is 20.6. The molecule has 0 bridgehead atoms. The third kappa shape index (κ3) is 5.02. The number of rotatable bonds is 8. The molecule has 0 spiro atoms. The van der Waals surface area contributed by atoms with Crippen LogP contribution < -0.4 is 10.1 Å². The molecule has 0 radical (unpaired) electrons. The Kier molecular flexibility index (Phi) is 6.43. The van der Waals surface area contributed by atoms with Gasteiger partial charge in [0.05, 0.1) is 17.2 Å². The van der Waals surface area contributed by atoms with Gasteiger partial charge in [-0.05, 0) is 43.3 Å². The second kappa shape index (κ2) is 9.37. The number of furan rings is 1. The molecule has 0 aliphatic carbocycles. The Morgan fingerprint density at radius 3 is 2.50 bits per heavy atom. The van der Waals surface area contributed by atoms with Gasteiger partial charge in [-0.15, -0.1) is 0 Å². The first-order valence-electron chi connectivity index (χ1n) is 9.01. The maximum Gasteiger partial charge on any atom is 0.374 e. The molecule has 9 nitrogen and oxygen atoms in total. The monoisotopic (exact) mass is 410 g/mol. The quantitative estimate of drug-likeness (QED) is 0.338. The standard InChI is InChI=1S/C21H18N2O7/c1-2-28-18-6-4-3-5-16(18)22-20(24)13-29-21(25)19-12-11-17(30-19)14-7-9-15(10-8-14)23(26)27/h3-12H,2,13H2,1H3,(H,22,24). The van der Waals surface area contributed by atoms with Crippen molar-refractivity contribution < 1.29 is 28.4 Å². The lowest BCUT2D eigenvalue weighted by atomic mass is 10.1. The molecule has 1 N–H and O–H groups in total. The second-order valence-electron chi connectivity index (χ2n) is 6.02. The smallest absolute Gasteiger partial charge is 0.374 e. The number of hydrogen-bond acceptors (Lipinski definition) is 7.